The number of rotatable bonds is 5. The molecule has 1 heteroatoms. The van der Waals surface area contributed by atoms with Crippen molar-refractivity contribution in [2.24, 2.45) is 5.92 Å². The normalized spacial score (nSPS) is 19.4. The topological polar surface area (TPSA) is 20.2 Å². The van der Waals surface area contributed by atoms with Crippen molar-refractivity contribution in [3.05, 3.63) is 35.4 Å². The molecular weight excluding hydrogens is 196 g/mol. The second kappa shape index (κ2) is 4.58. The van der Waals surface area contributed by atoms with Crippen LogP contribution in [0.25, 0.3) is 0 Å². The Hall–Kier alpha value is -0.820. The molecule has 1 saturated carbocycles. The zero-order chi connectivity index (χ0) is 11.6. The summed E-state index contributed by atoms with van der Waals surface area (Å²) in [5, 5.41) is 10.4. The molecule has 0 aliphatic heterocycles. The fourth-order valence-electron chi connectivity index (χ4n) is 2.27. The van der Waals surface area contributed by atoms with Crippen LogP contribution in [0.5, 0.6) is 0 Å². The summed E-state index contributed by atoms with van der Waals surface area (Å²) < 4.78 is 0. The molecule has 1 aliphatic rings. The molecule has 1 aliphatic carbocycles. The van der Waals surface area contributed by atoms with Crippen LogP contribution in [0.15, 0.2) is 24.3 Å². The number of hydrogen-bond acceptors (Lipinski definition) is 1. The van der Waals surface area contributed by atoms with Crippen molar-refractivity contribution in [2.45, 2.75) is 51.6 Å². The van der Waals surface area contributed by atoms with Gasteiger partial charge in [-0.3, -0.25) is 0 Å². The summed E-state index contributed by atoms with van der Waals surface area (Å²) in [6, 6.07) is 8.54. The van der Waals surface area contributed by atoms with Gasteiger partial charge < -0.3 is 5.11 Å². The Morgan fingerprint density at radius 2 is 1.88 bits per heavy atom. The first kappa shape index (κ1) is 11.7. The van der Waals surface area contributed by atoms with E-state index in [1.165, 1.54) is 31.2 Å². The minimum Gasteiger partial charge on any atom is -0.385 e. The van der Waals surface area contributed by atoms with Crippen molar-refractivity contribution in [2.75, 3.05) is 0 Å². The largest absolute Gasteiger partial charge is 0.385 e. The van der Waals surface area contributed by atoms with E-state index in [0.717, 1.165) is 12.0 Å². The van der Waals surface area contributed by atoms with E-state index in [9.17, 15) is 5.11 Å². The summed E-state index contributed by atoms with van der Waals surface area (Å²) in [5.74, 6) is 0.481. The van der Waals surface area contributed by atoms with Gasteiger partial charge in [-0.2, -0.15) is 0 Å². The zero-order valence-electron chi connectivity index (χ0n) is 10.4. The van der Waals surface area contributed by atoms with Gasteiger partial charge >= 0.3 is 0 Å². The molecule has 2 rings (SSSR count). The lowest BCUT2D eigenvalue weighted by Crippen LogP contribution is -2.23. The molecule has 1 aromatic carbocycles. The lowest BCUT2D eigenvalue weighted by atomic mass is 9.90. The molecule has 1 atom stereocenters. The number of unbranched alkanes of at least 4 members (excludes halogenated alkanes) is 1. The van der Waals surface area contributed by atoms with E-state index in [1.807, 2.05) is 6.92 Å². The smallest absolute Gasteiger partial charge is 0.0896 e. The van der Waals surface area contributed by atoms with Gasteiger partial charge in [-0.1, -0.05) is 37.6 Å². The maximum absolute atomic E-state index is 10.4. The molecule has 0 spiro atoms. The number of aryl methyl sites for hydroxylation is 1. The van der Waals surface area contributed by atoms with E-state index in [1.54, 1.807) is 0 Å². The molecule has 1 aromatic rings. The SMILES string of the molecule is CCCCc1ccc(C(C)(O)C2CC2)cc1. The van der Waals surface area contributed by atoms with Crippen LogP contribution in [0.4, 0.5) is 0 Å². The minimum absolute atomic E-state index is 0.481. The minimum atomic E-state index is -0.608. The fraction of sp³-hybridized carbons (Fsp3) is 0.600. The van der Waals surface area contributed by atoms with Crippen molar-refractivity contribution in [1.82, 2.24) is 0 Å². The summed E-state index contributed by atoms with van der Waals surface area (Å²) in [5.41, 5.74) is 1.86. The lowest BCUT2D eigenvalue weighted by molar-refractivity contribution is 0.0331. The van der Waals surface area contributed by atoms with Crippen LogP contribution in [0.3, 0.4) is 0 Å². The van der Waals surface area contributed by atoms with Crippen LogP contribution in [0, 0.1) is 5.92 Å². The van der Waals surface area contributed by atoms with Gasteiger partial charge in [0.15, 0.2) is 0 Å². The van der Waals surface area contributed by atoms with E-state index < -0.39 is 5.60 Å². The molecule has 0 saturated heterocycles. The van der Waals surface area contributed by atoms with Crippen LogP contribution < -0.4 is 0 Å². The van der Waals surface area contributed by atoms with Crippen molar-refractivity contribution in [3.63, 3.8) is 0 Å². The van der Waals surface area contributed by atoms with Gasteiger partial charge in [0.05, 0.1) is 5.60 Å². The van der Waals surface area contributed by atoms with Gasteiger partial charge in [-0.25, -0.2) is 0 Å². The summed E-state index contributed by atoms with van der Waals surface area (Å²) in [6.45, 7) is 4.16. The van der Waals surface area contributed by atoms with E-state index in [2.05, 4.69) is 31.2 Å². The monoisotopic (exact) mass is 218 g/mol. The van der Waals surface area contributed by atoms with Gasteiger partial charge in [-0.15, -0.1) is 0 Å². The van der Waals surface area contributed by atoms with Gasteiger partial charge in [0.1, 0.15) is 0 Å². The standard InChI is InChI=1S/C15H22O/c1-3-4-5-12-6-8-13(9-7-12)15(2,16)14-10-11-14/h6-9,14,16H,3-5,10-11H2,1-2H3. The first-order valence-electron chi connectivity index (χ1n) is 6.46. The third-order valence-electron chi connectivity index (χ3n) is 3.73. The second-order valence-electron chi connectivity index (χ2n) is 5.22. The molecule has 1 fully saturated rings. The lowest BCUT2D eigenvalue weighted by Gasteiger charge is -2.23. The van der Waals surface area contributed by atoms with Crippen LogP contribution >= 0.6 is 0 Å². The van der Waals surface area contributed by atoms with Gasteiger partial charge in [-0.05, 0) is 49.7 Å². The molecule has 0 amide bonds. The fourth-order valence-corrected chi connectivity index (χ4v) is 2.27. The molecule has 1 unspecified atom stereocenters. The Morgan fingerprint density at radius 1 is 1.25 bits per heavy atom. The van der Waals surface area contributed by atoms with Crippen LogP contribution in [-0.2, 0) is 12.0 Å². The Kier molecular flexibility index (Phi) is 3.34. The van der Waals surface area contributed by atoms with Gasteiger partial charge in [0, 0.05) is 0 Å². The highest BCUT2D eigenvalue weighted by Crippen LogP contribution is 2.45. The van der Waals surface area contributed by atoms with E-state index in [-0.39, 0.29) is 0 Å². The third-order valence-corrected chi connectivity index (χ3v) is 3.73. The van der Waals surface area contributed by atoms with Crippen LogP contribution in [0.2, 0.25) is 0 Å². The molecule has 88 valence electrons. The molecular formula is C15H22O. The molecule has 0 heterocycles. The van der Waals surface area contributed by atoms with Crippen LogP contribution in [0.1, 0.15) is 50.7 Å². The quantitative estimate of drug-likeness (QED) is 0.800. The second-order valence-corrected chi connectivity index (χ2v) is 5.22. The first-order valence-corrected chi connectivity index (χ1v) is 6.46. The van der Waals surface area contributed by atoms with E-state index in [0.29, 0.717) is 5.92 Å². The Bertz CT molecular complexity index is 333. The van der Waals surface area contributed by atoms with Crippen molar-refractivity contribution < 1.29 is 5.11 Å². The zero-order valence-corrected chi connectivity index (χ0v) is 10.4. The Morgan fingerprint density at radius 3 is 2.38 bits per heavy atom. The number of benzene rings is 1. The third kappa shape index (κ3) is 2.46. The average Bonchev–Trinajstić information content (AvgIpc) is 3.11. The Labute approximate surface area is 98.5 Å². The summed E-state index contributed by atoms with van der Waals surface area (Å²) in [6.07, 6.45) is 5.98. The maximum Gasteiger partial charge on any atom is 0.0896 e. The molecule has 16 heavy (non-hydrogen) atoms. The van der Waals surface area contributed by atoms with E-state index >= 15 is 0 Å². The maximum atomic E-state index is 10.4. The highest BCUT2D eigenvalue weighted by Gasteiger charge is 2.40. The molecule has 0 aromatic heterocycles. The highest BCUT2D eigenvalue weighted by atomic mass is 16.3. The predicted molar refractivity (Wildman–Crippen MR) is 67.3 cm³/mol. The average molecular weight is 218 g/mol. The van der Waals surface area contributed by atoms with Crippen molar-refractivity contribution in [1.29, 1.82) is 0 Å². The number of aliphatic hydroxyl groups is 1. The summed E-state index contributed by atoms with van der Waals surface area (Å²) in [4.78, 5) is 0. The van der Waals surface area contributed by atoms with Crippen LogP contribution in [-0.4, -0.2) is 5.11 Å². The van der Waals surface area contributed by atoms with Crippen molar-refractivity contribution >= 4 is 0 Å². The molecule has 1 N–H and O–H groups in total. The highest BCUT2D eigenvalue weighted by molar-refractivity contribution is 5.28. The Balaban J connectivity index is 2.06. The molecule has 0 bridgehead atoms. The van der Waals surface area contributed by atoms with Gasteiger partial charge in [0.25, 0.3) is 0 Å². The molecule has 1 nitrogen and oxygen atoms in total. The van der Waals surface area contributed by atoms with Crippen molar-refractivity contribution in [3.8, 4) is 0 Å². The number of hydrogen-bond donors (Lipinski definition) is 1. The summed E-state index contributed by atoms with van der Waals surface area (Å²) >= 11 is 0. The van der Waals surface area contributed by atoms with Gasteiger partial charge in [0.2, 0.25) is 0 Å². The van der Waals surface area contributed by atoms with E-state index in [4.69, 9.17) is 0 Å². The molecule has 0 radical (unpaired) electrons. The first-order chi connectivity index (χ1) is 7.64. The predicted octanol–water partition coefficient (Wildman–Crippen LogP) is 3.65. The summed E-state index contributed by atoms with van der Waals surface area (Å²) in [7, 11) is 0.